The molecule has 28 heavy (non-hydrogen) atoms. The van der Waals surface area contributed by atoms with Crippen molar-refractivity contribution in [1.29, 1.82) is 0 Å². The van der Waals surface area contributed by atoms with Gasteiger partial charge in [-0.15, -0.1) is 0 Å². The first-order valence-corrected chi connectivity index (χ1v) is 8.09. The molecule has 5 nitrogen and oxygen atoms in total. The molecule has 1 aliphatic rings. The molecule has 1 aromatic carbocycles. The summed E-state index contributed by atoms with van der Waals surface area (Å²) in [5.41, 5.74) is -2.95. The Balaban J connectivity index is 2.36. The molecule has 0 atom stereocenters. The van der Waals surface area contributed by atoms with Crippen LogP contribution in [0.4, 0.5) is 32.0 Å². The maximum absolute atomic E-state index is 13.8. The van der Waals surface area contributed by atoms with E-state index in [1.807, 2.05) is 0 Å². The van der Waals surface area contributed by atoms with Crippen molar-refractivity contribution in [2.24, 2.45) is 0 Å². The van der Waals surface area contributed by atoms with Gasteiger partial charge in [-0.05, 0) is 19.9 Å². The molecular weight excluding hydrogens is 394 g/mol. The number of benzene rings is 1. The molecule has 2 heterocycles. The van der Waals surface area contributed by atoms with E-state index in [-0.39, 0.29) is 23.6 Å². The topological polar surface area (TPSA) is 60.5 Å². The maximum atomic E-state index is 13.8. The SMILES string of the molecule is CC(C)Oc1nc2cc3c(cc2c(C(F)(F)F)c1CC(F)(F)F)NC(=O)CO3. The van der Waals surface area contributed by atoms with Crippen molar-refractivity contribution in [3.05, 3.63) is 23.3 Å². The van der Waals surface area contributed by atoms with Gasteiger partial charge in [-0.25, -0.2) is 4.98 Å². The Kier molecular flexibility index (Phi) is 4.80. The van der Waals surface area contributed by atoms with Crippen LogP contribution in [-0.2, 0) is 17.4 Å². The van der Waals surface area contributed by atoms with Gasteiger partial charge in [0.15, 0.2) is 6.61 Å². The highest BCUT2D eigenvalue weighted by atomic mass is 19.4. The first kappa shape index (κ1) is 20.0. The quantitative estimate of drug-likeness (QED) is 0.761. The average molecular weight is 408 g/mol. The smallest absolute Gasteiger partial charge is 0.417 e. The number of aromatic nitrogens is 1. The van der Waals surface area contributed by atoms with Gasteiger partial charge in [-0.2, -0.15) is 26.3 Å². The Morgan fingerprint density at radius 1 is 1.21 bits per heavy atom. The van der Waals surface area contributed by atoms with Crippen LogP contribution in [0.1, 0.15) is 25.0 Å². The number of nitrogens with zero attached hydrogens (tertiary/aromatic N) is 1. The highest BCUT2D eigenvalue weighted by Gasteiger charge is 2.42. The number of anilines is 1. The Hall–Kier alpha value is -2.72. The normalized spacial score (nSPS) is 14.7. The highest BCUT2D eigenvalue weighted by molar-refractivity contribution is 6.00. The molecule has 0 radical (unpaired) electrons. The van der Waals surface area contributed by atoms with E-state index in [0.717, 1.165) is 12.1 Å². The summed E-state index contributed by atoms with van der Waals surface area (Å²) in [6.07, 6.45) is -12.6. The Morgan fingerprint density at radius 3 is 2.46 bits per heavy atom. The lowest BCUT2D eigenvalue weighted by atomic mass is 9.98. The number of carbonyl (C=O) groups excluding carboxylic acids is 1. The third-order valence-corrected chi connectivity index (χ3v) is 3.79. The fourth-order valence-corrected chi connectivity index (χ4v) is 2.86. The summed E-state index contributed by atoms with van der Waals surface area (Å²) in [6, 6.07) is 2.04. The van der Waals surface area contributed by atoms with Crippen LogP contribution in [0.2, 0.25) is 0 Å². The van der Waals surface area contributed by atoms with Crippen LogP contribution in [0.5, 0.6) is 11.6 Å². The van der Waals surface area contributed by atoms with Gasteiger partial charge in [-0.1, -0.05) is 0 Å². The largest absolute Gasteiger partial charge is 0.482 e. The lowest BCUT2D eigenvalue weighted by molar-refractivity contribution is -0.142. The number of alkyl halides is 6. The first-order chi connectivity index (χ1) is 12.8. The van der Waals surface area contributed by atoms with Crippen molar-refractivity contribution >= 4 is 22.5 Å². The van der Waals surface area contributed by atoms with Crippen molar-refractivity contribution in [1.82, 2.24) is 4.98 Å². The second-order valence-electron chi connectivity index (χ2n) is 6.43. The van der Waals surface area contributed by atoms with Gasteiger partial charge in [0, 0.05) is 17.0 Å². The number of hydrogen-bond donors (Lipinski definition) is 1. The summed E-state index contributed by atoms with van der Waals surface area (Å²) < 4.78 is 90.8. The van der Waals surface area contributed by atoms with Crippen LogP contribution < -0.4 is 14.8 Å². The summed E-state index contributed by atoms with van der Waals surface area (Å²) in [4.78, 5) is 15.3. The number of ether oxygens (including phenoxy) is 2. The molecule has 0 bridgehead atoms. The van der Waals surface area contributed by atoms with Gasteiger partial charge in [0.2, 0.25) is 5.88 Å². The number of halogens is 6. The number of carbonyl (C=O) groups is 1. The number of fused-ring (bicyclic) bond motifs is 2. The van der Waals surface area contributed by atoms with Gasteiger partial charge in [0.25, 0.3) is 5.91 Å². The Bertz CT molecular complexity index is 937. The number of rotatable bonds is 3. The van der Waals surface area contributed by atoms with Crippen molar-refractivity contribution < 1.29 is 40.6 Å². The zero-order valence-corrected chi connectivity index (χ0v) is 14.6. The zero-order valence-electron chi connectivity index (χ0n) is 14.6. The summed E-state index contributed by atoms with van der Waals surface area (Å²) in [5, 5.41) is 1.74. The monoisotopic (exact) mass is 408 g/mol. The van der Waals surface area contributed by atoms with E-state index in [4.69, 9.17) is 9.47 Å². The minimum absolute atomic E-state index is 0.0618. The predicted octanol–water partition coefficient (Wildman–Crippen LogP) is 4.48. The maximum Gasteiger partial charge on any atom is 0.417 e. The van der Waals surface area contributed by atoms with Crippen LogP contribution in [0, 0.1) is 0 Å². The van der Waals surface area contributed by atoms with E-state index < -0.39 is 53.2 Å². The number of amides is 1. The summed E-state index contributed by atoms with van der Waals surface area (Å²) >= 11 is 0. The standard InChI is InChI=1S/C17H14F6N2O3/c1-7(2)28-15-9(5-16(18,19)20)14(17(21,22)23)8-3-11-12(4-10(8)25-15)27-6-13(26)24-11/h3-4,7H,5-6H2,1-2H3,(H,24,26). The van der Waals surface area contributed by atoms with Crippen molar-refractivity contribution in [3.8, 4) is 11.6 Å². The molecule has 11 heteroatoms. The van der Waals surface area contributed by atoms with Gasteiger partial charge in [-0.3, -0.25) is 4.79 Å². The molecule has 0 aliphatic carbocycles. The minimum atomic E-state index is -5.12. The minimum Gasteiger partial charge on any atom is -0.482 e. The van der Waals surface area contributed by atoms with E-state index in [0.29, 0.717) is 0 Å². The second kappa shape index (κ2) is 6.71. The molecule has 3 rings (SSSR count). The summed E-state index contributed by atoms with van der Waals surface area (Å²) in [7, 11) is 0. The van der Waals surface area contributed by atoms with Crippen LogP contribution in [0.3, 0.4) is 0 Å². The first-order valence-electron chi connectivity index (χ1n) is 8.09. The number of nitrogens with one attached hydrogen (secondary N) is 1. The number of hydrogen-bond acceptors (Lipinski definition) is 4. The van der Waals surface area contributed by atoms with Gasteiger partial charge in [0.05, 0.1) is 29.3 Å². The van der Waals surface area contributed by atoms with E-state index in [1.165, 1.54) is 13.8 Å². The molecule has 1 aliphatic heterocycles. The van der Waals surface area contributed by atoms with Gasteiger partial charge in [0.1, 0.15) is 5.75 Å². The fourth-order valence-electron chi connectivity index (χ4n) is 2.86. The summed E-state index contributed by atoms with van der Waals surface area (Å²) in [6.45, 7) is 2.58. The lowest BCUT2D eigenvalue weighted by Gasteiger charge is -2.23. The number of pyridine rings is 1. The molecule has 1 N–H and O–H groups in total. The highest BCUT2D eigenvalue weighted by Crippen LogP contribution is 2.45. The molecular formula is C17H14F6N2O3. The molecule has 0 saturated carbocycles. The molecule has 0 saturated heterocycles. The summed E-state index contributed by atoms with van der Waals surface area (Å²) in [5.74, 6) is -1.28. The fraction of sp³-hybridized carbons (Fsp3) is 0.412. The van der Waals surface area contributed by atoms with Crippen molar-refractivity contribution in [2.75, 3.05) is 11.9 Å². The van der Waals surface area contributed by atoms with Crippen LogP contribution in [0.15, 0.2) is 12.1 Å². The van der Waals surface area contributed by atoms with Crippen LogP contribution in [0.25, 0.3) is 10.9 Å². The molecule has 0 fully saturated rings. The van der Waals surface area contributed by atoms with E-state index in [9.17, 15) is 31.1 Å². The van der Waals surface area contributed by atoms with Crippen molar-refractivity contribution in [2.45, 2.75) is 38.7 Å². The lowest BCUT2D eigenvalue weighted by Crippen LogP contribution is -2.25. The van der Waals surface area contributed by atoms with Gasteiger partial charge < -0.3 is 14.8 Å². The molecule has 2 aromatic rings. The van der Waals surface area contributed by atoms with Crippen LogP contribution in [-0.4, -0.2) is 29.8 Å². The van der Waals surface area contributed by atoms with E-state index in [1.54, 1.807) is 0 Å². The molecule has 0 unspecified atom stereocenters. The molecule has 1 aromatic heterocycles. The zero-order chi connectivity index (χ0) is 20.9. The van der Waals surface area contributed by atoms with E-state index >= 15 is 0 Å². The third kappa shape index (κ3) is 4.07. The molecule has 0 spiro atoms. The van der Waals surface area contributed by atoms with Gasteiger partial charge >= 0.3 is 12.4 Å². The van der Waals surface area contributed by atoms with E-state index in [2.05, 4.69) is 10.3 Å². The predicted molar refractivity (Wildman–Crippen MR) is 86.4 cm³/mol. The van der Waals surface area contributed by atoms with Crippen LogP contribution >= 0.6 is 0 Å². The second-order valence-corrected chi connectivity index (χ2v) is 6.43. The third-order valence-electron chi connectivity index (χ3n) is 3.79. The Labute approximate surface area is 154 Å². The Morgan fingerprint density at radius 2 is 1.89 bits per heavy atom. The average Bonchev–Trinajstić information content (AvgIpc) is 2.50. The van der Waals surface area contributed by atoms with Crippen molar-refractivity contribution in [3.63, 3.8) is 0 Å². The molecule has 1 amide bonds. The molecule has 152 valence electrons.